The third kappa shape index (κ3) is 2.76. The van der Waals surface area contributed by atoms with Crippen molar-refractivity contribution in [1.29, 1.82) is 0 Å². The molecule has 0 amide bonds. The molecule has 8 heteroatoms. The van der Waals surface area contributed by atoms with E-state index < -0.39 is 53.8 Å². The van der Waals surface area contributed by atoms with Crippen LogP contribution in [0.15, 0.2) is 0 Å². The van der Waals surface area contributed by atoms with Crippen molar-refractivity contribution < 1.29 is 36.2 Å². The van der Waals surface area contributed by atoms with E-state index >= 15 is 0 Å². The van der Waals surface area contributed by atoms with Crippen LogP contribution in [0, 0.1) is 29.1 Å². The predicted octanol–water partition coefficient (Wildman–Crippen LogP) is 1.98. The van der Waals surface area contributed by atoms with Crippen LogP contribution in [0.5, 0.6) is 5.75 Å². The highest BCUT2D eigenvalue weighted by Crippen LogP contribution is 2.28. The zero-order chi connectivity index (χ0) is 13.9. The highest BCUT2D eigenvalue weighted by Gasteiger charge is 2.27. The van der Waals surface area contributed by atoms with Crippen LogP contribution in [0.3, 0.4) is 0 Å². The third-order valence-corrected chi connectivity index (χ3v) is 1.85. The maximum Gasteiger partial charge on any atom is 0.207 e. The number of hydrogen-bond acceptors (Lipinski definition) is 3. The first-order valence-corrected chi connectivity index (χ1v) is 4.55. The third-order valence-electron chi connectivity index (χ3n) is 1.85. The maximum atomic E-state index is 13.1. The molecule has 0 saturated heterocycles. The van der Waals surface area contributed by atoms with Crippen molar-refractivity contribution in [2.75, 3.05) is 20.3 Å². The Kier molecular flexibility index (Phi) is 4.60. The molecule has 0 fully saturated rings. The van der Waals surface area contributed by atoms with Gasteiger partial charge in [0.2, 0.25) is 29.1 Å². The predicted molar refractivity (Wildman–Crippen MR) is 48.6 cm³/mol. The van der Waals surface area contributed by atoms with Gasteiger partial charge in [-0.15, -0.1) is 0 Å². The van der Waals surface area contributed by atoms with Crippen molar-refractivity contribution in [2.45, 2.75) is 0 Å². The highest BCUT2D eigenvalue weighted by molar-refractivity contribution is 5.81. The fourth-order valence-electron chi connectivity index (χ4n) is 1.07. The van der Waals surface area contributed by atoms with Gasteiger partial charge in [-0.3, -0.25) is 4.79 Å². The Labute approximate surface area is 98.1 Å². The number of ketones is 1. The van der Waals surface area contributed by atoms with Crippen molar-refractivity contribution >= 4 is 5.78 Å². The second-order valence-electron chi connectivity index (χ2n) is 3.16. The SMILES string of the molecule is COCC(=O)COc1c(F)c(F)c(F)c(F)c1F. The molecule has 0 spiro atoms. The number of ether oxygens (including phenoxy) is 2. The molecule has 18 heavy (non-hydrogen) atoms. The van der Waals surface area contributed by atoms with Gasteiger partial charge in [-0.1, -0.05) is 0 Å². The molecule has 100 valence electrons. The van der Waals surface area contributed by atoms with Crippen LogP contribution in [-0.4, -0.2) is 26.1 Å². The maximum absolute atomic E-state index is 13.1. The normalized spacial score (nSPS) is 10.6. The van der Waals surface area contributed by atoms with E-state index in [4.69, 9.17) is 0 Å². The van der Waals surface area contributed by atoms with E-state index in [0.29, 0.717) is 0 Å². The van der Waals surface area contributed by atoms with Gasteiger partial charge in [0.25, 0.3) is 0 Å². The lowest BCUT2D eigenvalue weighted by molar-refractivity contribution is -0.124. The number of rotatable bonds is 5. The van der Waals surface area contributed by atoms with Crippen molar-refractivity contribution in [3.05, 3.63) is 29.1 Å². The summed E-state index contributed by atoms with van der Waals surface area (Å²) in [7, 11) is 1.19. The average Bonchev–Trinajstić information content (AvgIpc) is 2.34. The Hall–Kier alpha value is -1.70. The molecule has 1 aromatic carbocycles. The summed E-state index contributed by atoms with van der Waals surface area (Å²) in [5.74, 6) is -13.0. The van der Waals surface area contributed by atoms with Crippen molar-refractivity contribution in [1.82, 2.24) is 0 Å². The van der Waals surface area contributed by atoms with E-state index in [1.54, 1.807) is 0 Å². The molecule has 0 aliphatic carbocycles. The molecule has 0 aliphatic heterocycles. The molecular formula is C10H7F5O3. The first-order chi connectivity index (χ1) is 8.40. The monoisotopic (exact) mass is 270 g/mol. The van der Waals surface area contributed by atoms with E-state index in [-0.39, 0.29) is 0 Å². The van der Waals surface area contributed by atoms with Gasteiger partial charge < -0.3 is 9.47 Å². The molecule has 3 nitrogen and oxygen atoms in total. The minimum absolute atomic E-state index is 0.407. The summed E-state index contributed by atoms with van der Waals surface area (Å²) < 4.78 is 72.9. The first-order valence-electron chi connectivity index (χ1n) is 4.55. The van der Waals surface area contributed by atoms with Crippen LogP contribution < -0.4 is 4.74 Å². The van der Waals surface area contributed by atoms with Crippen molar-refractivity contribution in [2.24, 2.45) is 0 Å². The standard InChI is InChI=1S/C10H7F5O3/c1-17-2-4(16)3-18-10-8(14)6(12)5(11)7(13)9(10)15/h2-3H2,1H3. The van der Waals surface area contributed by atoms with Gasteiger partial charge in [-0.25, -0.2) is 13.2 Å². The van der Waals surface area contributed by atoms with E-state index in [1.807, 2.05) is 0 Å². The number of methoxy groups -OCH3 is 1. The highest BCUT2D eigenvalue weighted by atomic mass is 19.2. The molecule has 0 atom stereocenters. The van der Waals surface area contributed by atoms with Crippen molar-refractivity contribution in [3.8, 4) is 5.75 Å². The summed E-state index contributed by atoms with van der Waals surface area (Å²) >= 11 is 0. The molecule has 0 saturated carbocycles. The molecule has 0 radical (unpaired) electrons. The van der Waals surface area contributed by atoms with Gasteiger partial charge >= 0.3 is 0 Å². The van der Waals surface area contributed by atoms with Gasteiger partial charge in [-0.05, 0) is 0 Å². The Morgan fingerprint density at radius 1 is 0.889 bits per heavy atom. The Balaban J connectivity index is 2.99. The first kappa shape index (κ1) is 14.4. The number of hydrogen-bond donors (Lipinski definition) is 0. The van der Waals surface area contributed by atoms with Gasteiger partial charge in [0, 0.05) is 7.11 Å². The second-order valence-corrected chi connectivity index (χ2v) is 3.16. The van der Waals surface area contributed by atoms with E-state index in [1.165, 1.54) is 7.11 Å². The van der Waals surface area contributed by atoms with Crippen molar-refractivity contribution in [3.63, 3.8) is 0 Å². The molecule has 0 aromatic heterocycles. The summed E-state index contributed by atoms with van der Waals surface area (Å²) in [6.45, 7) is -1.28. The minimum Gasteiger partial charge on any atom is -0.479 e. The van der Waals surface area contributed by atoms with Gasteiger partial charge in [0.05, 0.1) is 0 Å². The van der Waals surface area contributed by atoms with Gasteiger partial charge in [-0.2, -0.15) is 8.78 Å². The number of halogens is 5. The van der Waals surface area contributed by atoms with Crippen LogP contribution in [0.2, 0.25) is 0 Å². The summed E-state index contributed by atoms with van der Waals surface area (Å²) in [6.07, 6.45) is 0. The van der Waals surface area contributed by atoms with Crippen LogP contribution in [0.1, 0.15) is 0 Å². The Morgan fingerprint density at radius 3 is 1.78 bits per heavy atom. The van der Waals surface area contributed by atoms with Crippen LogP contribution in [0.25, 0.3) is 0 Å². The molecule has 1 rings (SSSR count). The van der Waals surface area contributed by atoms with Gasteiger partial charge in [0.1, 0.15) is 13.2 Å². The van der Waals surface area contributed by atoms with E-state index in [9.17, 15) is 26.7 Å². The quantitative estimate of drug-likeness (QED) is 0.466. The number of benzene rings is 1. The number of carbonyl (C=O) groups excluding carboxylic acids is 1. The lowest BCUT2D eigenvalue weighted by atomic mass is 10.2. The summed E-state index contributed by atoms with van der Waals surface area (Å²) in [5.41, 5.74) is 0. The molecule has 0 bridgehead atoms. The summed E-state index contributed by atoms with van der Waals surface area (Å²) in [4.78, 5) is 10.9. The summed E-state index contributed by atoms with van der Waals surface area (Å²) in [6, 6.07) is 0. The van der Waals surface area contributed by atoms with Gasteiger partial charge in [0.15, 0.2) is 11.5 Å². The van der Waals surface area contributed by atoms with E-state index in [2.05, 4.69) is 9.47 Å². The second kappa shape index (κ2) is 5.76. The molecule has 1 aromatic rings. The molecule has 0 heterocycles. The Morgan fingerprint density at radius 2 is 1.33 bits per heavy atom. The minimum atomic E-state index is -2.29. The average molecular weight is 270 g/mol. The van der Waals surface area contributed by atoms with Crippen LogP contribution in [-0.2, 0) is 9.53 Å². The molecule has 0 N–H and O–H groups in total. The van der Waals surface area contributed by atoms with Crippen LogP contribution >= 0.6 is 0 Å². The number of carbonyl (C=O) groups is 1. The molecule has 0 unspecified atom stereocenters. The van der Waals surface area contributed by atoms with E-state index in [0.717, 1.165) is 0 Å². The molecule has 0 aliphatic rings. The number of Topliss-reactive ketones (excluding diaryl/α,β-unsaturated/α-hetero) is 1. The molecular weight excluding hydrogens is 263 g/mol. The Bertz CT molecular complexity index is 446. The van der Waals surface area contributed by atoms with Crippen LogP contribution in [0.4, 0.5) is 22.0 Å². The largest absolute Gasteiger partial charge is 0.479 e. The topological polar surface area (TPSA) is 35.5 Å². The smallest absolute Gasteiger partial charge is 0.207 e. The zero-order valence-corrected chi connectivity index (χ0v) is 9.03. The lowest BCUT2D eigenvalue weighted by Gasteiger charge is -2.09. The lowest BCUT2D eigenvalue weighted by Crippen LogP contribution is -2.18. The fraction of sp³-hybridized carbons (Fsp3) is 0.300. The zero-order valence-electron chi connectivity index (χ0n) is 9.03. The summed E-state index contributed by atoms with van der Waals surface area (Å²) in [5, 5.41) is 0. The fourth-order valence-corrected chi connectivity index (χ4v) is 1.07.